The largest absolute Gasteiger partial charge is 0.352 e. The van der Waals surface area contributed by atoms with Gasteiger partial charge in [-0.25, -0.2) is 0 Å². The summed E-state index contributed by atoms with van der Waals surface area (Å²) >= 11 is 1.37. The number of rotatable bonds is 7. The van der Waals surface area contributed by atoms with Gasteiger partial charge in [-0.1, -0.05) is 57.0 Å². The number of hydrogen-bond donors (Lipinski definition) is 1. The number of carbonyl (C=O) groups excluding carboxylic acids is 1. The summed E-state index contributed by atoms with van der Waals surface area (Å²) in [5.41, 5.74) is 0.735. The number of para-hydroxylation sites is 1. The molecule has 0 bridgehead atoms. The van der Waals surface area contributed by atoms with Crippen LogP contribution in [-0.4, -0.2) is 36.9 Å². The van der Waals surface area contributed by atoms with E-state index >= 15 is 0 Å². The fourth-order valence-corrected chi connectivity index (χ4v) is 5.01. The van der Waals surface area contributed by atoms with Crippen molar-refractivity contribution < 1.29 is 4.79 Å². The number of hydrogen-bond acceptors (Lipinski definition) is 5. The van der Waals surface area contributed by atoms with Gasteiger partial charge >= 0.3 is 0 Å². The first-order valence-corrected chi connectivity index (χ1v) is 11.9. The van der Waals surface area contributed by atoms with E-state index in [-0.39, 0.29) is 23.3 Å². The van der Waals surface area contributed by atoms with Gasteiger partial charge in [0, 0.05) is 12.6 Å². The molecule has 0 saturated heterocycles. The van der Waals surface area contributed by atoms with Gasteiger partial charge < -0.3 is 5.32 Å². The van der Waals surface area contributed by atoms with Crippen LogP contribution in [0.4, 0.5) is 0 Å². The van der Waals surface area contributed by atoms with Crippen LogP contribution in [0.5, 0.6) is 0 Å². The molecular weight excluding hydrogens is 398 g/mol. The molecule has 7 nitrogen and oxygen atoms in total. The minimum absolute atomic E-state index is 0.0270. The second-order valence-corrected chi connectivity index (χ2v) is 9.11. The molecule has 160 valence electrons. The van der Waals surface area contributed by atoms with Crippen molar-refractivity contribution in [2.24, 2.45) is 5.92 Å². The Balaban J connectivity index is 1.61. The van der Waals surface area contributed by atoms with Crippen molar-refractivity contribution in [1.82, 2.24) is 24.5 Å². The van der Waals surface area contributed by atoms with E-state index in [1.165, 1.54) is 31.0 Å². The summed E-state index contributed by atoms with van der Waals surface area (Å²) in [6, 6.07) is 7.79. The fourth-order valence-electron chi connectivity index (χ4n) is 4.25. The smallest absolute Gasteiger partial charge is 0.262 e. The zero-order chi connectivity index (χ0) is 21.1. The second-order valence-electron chi connectivity index (χ2n) is 8.17. The van der Waals surface area contributed by atoms with Gasteiger partial charge in [-0.05, 0) is 37.3 Å². The number of carbonyl (C=O) groups is 1. The molecule has 2 heterocycles. The molecule has 1 amide bonds. The fraction of sp³-hybridized carbons (Fsp3) is 0.545. The van der Waals surface area contributed by atoms with Crippen LogP contribution in [0.2, 0.25) is 0 Å². The molecule has 30 heavy (non-hydrogen) atoms. The van der Waals surface area contributed by atoms with E-state index in [1.54, 1.807) is 4.57 Å². The summed E-state index contributed by atoms with van der Waals surface area (Å²) in [5, 5.41) is 13.1. The van der Waals surface area contributed by atoms with E-state index in [1.807, 2.05) is 28.7 Å². The molecule has 8 heteroatoms. The van der Waals surface area contributed by atoms with Gasteiger partial charge in [0.05, 0.1) is 16.7 Å². The number of unbranched alkanes of at least 4 members (excludes halogenated alkanes) is 1. The first kappa shape index (κ1) is 20.9. The van der Waals surface area contributed by atoms with Gasteiger partial charge in [0.15, 0.2) is 5.16 Å². The molecule has 0 radical (unpaired) electrons. The number of nitrogens with one attached hydrogen (secondary N) is 1. The maximum Gasteiger partial charge on any atom is 0.262 e. The summed E-state index contributed by atoms with van der Waals surface area (Å²) in [7, 11) is 0. The Labute approximate surface area is 180 Å². The predicted octanol–water partition coefficient (Wildman–Crippen LogP) is 3.63. The lowest BCUT2D eigenvalue weighted by Gasteiger charge is -2.29. The summed E-state index contributed by atoms with van der Waals surface area (Å²) in [6.07, 6.45) is 6.54. The van der Waals surface area contributed by atoms with Crippen LogP contribution in [0, 0.1) is 5.92 Å². The van der Waals surface area contributed by atoms with Crippen molar-refractivity contribution in [3.05, 3.63) is 34.6 Å². The number of fused-ring (bicyclic) bond motifs is 3. The Bertz CT molecular complexity index is 1110. The molecular formula is C22H29N5O2S. The molecule has 1 fully saturated rings. The highest BCUT2D eigenvalue weighted by Gasteiger charge is 2.23. The van der Waals surface area contributed by atoms with Crippen molar-refractivity contribution >= 4 is 34.3 Å². The third-order valence-corrected chi connectivity index (χ3v) is 6.93. The van der Waals surface area contributed by atoms with Crippen molar-refractivity contribution in [1.29, 1.82) is 0 Å². The van der Waals surface area contributed by atoms with Gasteiger partial charge in [-0.2, -0.15) is 0 Å². The monoisotopic (exact) mass is 427 g/mol. The SMILES string of the molecule is CCCCn1c(=O)c2ccccc2n2c(SCC(=O)N[C@@H]3CCCC[C@H]3C)nnc12. The highest BCUT2D eigenvalue weighted by molar-refractivity contribution is 7.99. The van der Waals surface area contributed by atoms with Gasteiger partial charge in [-0.15, -0.1) is 10.2 Å². The molecule has 1 aliphatic rings. The van der Waals surface area contributed by atoms with E-state index in [0.29, 0.717) is 28.8 Å². The molecule has 2 atom stereocenters. The van der Waals surface area contributed by atoms with Crippen LogP contribution >= 0.6 is 11.8 Å². The first-order chi connectivity index (χ1) is 14.6. The van der Waals surface area contributed by atoms with Crippen molar-refractivity contribution in [2.75, 3.05) is 5.75 Å². The number of aryl methyl sites for hydroxylation is 1. The molecule has 0 unspecified atom stereocenters. The van der Waals surface area contributed by atoms with Crippen LogP contribution < -0.4 is 10.9 Å². The molecule has 1 N–H and O–H groups in total. The maximum absolute atomic E-state index is 13.0. The van der Waals surface area contributed by atoms with Gasteiger partial charge in [-0.3, -0.25) is 18.6 Å². The molecule has 2 aromatic heterocycles. The molecule has 0 aliphatic heterocycles. The Hall–Kier alpha value is -2.35. The van der Waals surface area contributed by atoms with Gasteiger partial charge in [0.1, 0.15) is 0 Å². The zero-order valence-electron chi connectivity index (χ0n) is 17.6. The molecule has 1 saturated carbocycles. The number of benzene rings is 1. The predicted molar refractivity (Wildman–Crippen MR) is 120 cm³/mol. The van der Waals surface area contributed by atoms with Crippen LogP contribution in [0.25, 0.3) is 16.7 Å². The lowest BCUT2D eigenvalue weighted by Crippen LogP contribution is -2.41. The Morgan fingerprint density at radius 3 is 2.83 bits per heavy atom. The molecule has 0 spiro atoms. The second kappa shape index (κ2) is 9.20. The van der Waals surface area contributed by atoms with E-state index in [9.17, 15) is 9.59 Å². The van der Waals surface area contributed by atoms with Gasteiger partial charge in [0.25, 0.3) is 5.56 Å². The lowest BCUT2D eigenvalue weighted by atomic mass is 9.86. The van der Waals surface area contributed by atoms with E-state index < -0.39 is 0 Å². The average Bonchev–Trinajstić information content (AvgIpc) is 3.18. The standard InChI is InChI=1S/C22H29N5O2S/c1-3-4-13-26-20(29)16-10-6-8-12-18(16)27-21(26)24-25-22(27)30-14-19(28)23-17-11-7-5-9-15(17)2/h6,8,10,12,15,17H,3-5,7,9,11,13-14H2,1-2H3,(H,23,28)/t15-,17-/m1/s1. The van der Waals surface area contributed by atoms with Crippen LogP contribution in [-0.2, 0) is 11.3 Å². The third-order valence-electron chi connectivity index (χ3n) is 6.00. The quantitative estimate of drug-likeness (QED) is 0.582. The first-order valence-electron chi connectivity index (χ1n) is 10.9. The Kier molecular flexibility index (Phi) is 6.41. The van der Waals surface area contributed by atoms with Crippen molar-refractivity contribution in [3.8, 4) is 0 Å². The summed E-state index contributed by atoms with van der Waals surface area (Å²) in [6.45, 7) is 4.91. The van der Waals surface area contributed by atoms with Crippen LogP contribution in [0.3, 0.4) is 0 Å². The molecule has 1 aromatic carbocycles. The molecule has 3 aromatic rings. The topological polar surface area (TPSA) is 81.3 Å². The average molecular weight is 428 g/mol. The maximum atomic E-state index is 13.0. The number of thioether (sulfide) groups is 1. The minimum atomic E-state index is -0.0421. The van der Waals surface area contributed by atoms with Crippen LogP contribution in [0.1, 0.15) is 52.4 Å². The summed E-state index contributed by atoms with van der Waals surface area (Å²) < 4.78 is 3.61. The summed E-state index contributed by atoms with van der Waals surface area (Å²) in [5.74, 6) is 1.38. The minimum Gasteiger partial charge on any atom is -0.352 e. The van der Waals surface area contributed by atoms with Crippen LogP contribution in [0.15, 0.2) is 34.2 Å². The summed E-state index contributed by atoms with van der Waals surface area (Å²) in [4.78, 5) is 25.6. The highest BCUT2D eigenvalue weighted by Crippen LogP contribution is 2.25. The highest BCUT2D eigenvalue weighted by atomic mass is 32.2. The molecule has 1 aliphatic carbocycles. The number of aromatic nitrogens is 4. The lowest BCUT2D eigenvalue weighted by molar-refractivity contribution is -0.119. The number of amides is 1. The molecule has 4 rings (SSSR count). The Morgan fingerprint density at radius 2 is 2.03 bits per heavy atom. The van der Waals surface area contributed by atoms with Crippen molar-refractivity contribution in [2.45, 2.75) is 70.1 Å². The number of nitrogens with zero attached hydrogens (tertiary/aromatic N) is 4. The van der Waals surface area contributed by atoms with Gasteiger partial charge in [0.2, 0.25) is 11.7 Å². The Morgan fingerprint density at radius 1 is 1.23 bits per heavy atom. The third kappa shape index (κ3) is 4.10. The van der Waals surface area contributed by atoms with E-state index in [4.69, 9.17) is 0 Å². The normalized spacial score (nSPS) is 19.4. The van der Waals surface area contributed by atoms with E-state index in [2.05, 4.69) is 29.4 Å². The zero-order valence-corrected chi connectivity index (χ0v) is 18.5. The van der Waals surface area contributed by atoms with Crippen molar-refractivity contribution in [3.63, 3.8) is 0 Å². The van der Waals surface area contributed by atoms with E-state index in [0.717, 1.165) is 24.8 Å².